The first-order chi connectivity index (χ1) is 20.7. The molecule has 5 N–H and O–H groups in total. The summed E-state index contributed by atoms with van der Waals surface area (Å²) in [5, 5.41) is 66.7. The van der Waals surface area contributed by atoms with Crippen LogP contribution in [-0.4, -0.2) is 87.7 Å². The number of carboxylic acid groups (broad SMARTS) is 2. The molecule has 0 bridgehead atoms. The van der Waals surface area contributed by atoms with E-state index in [0.29, 0.717) is 55.3 Å². The second kappa shape index (κ2) is 16.0. The topological polar surface area (TPSA) is 209 Å². The smallest absolute Gasteiger partial charge is 0.548 e. The predicted octanol–water partition coefficient (Wildman–Crippen LogP) is -7.15. The molecule has 1 unspecified atom stereocenters. The van der Waals surface area contributed by atoms with Gasteiger partial charge in [0.1, 0.15) is 24.4 Å². The van der Waals surface area contributed by atoms with E-state index in [1.807, 2.05) is 0 Å². The Morgan fingerprint density at radius 1 is 0.891 bits per heavy atom. The second-order valence-electron chi connectivity index (χ2n) is 14.9. The molecule has 1 saturated heterocycles. The van der Waals surface area contributed by atoms with Crippen molar-refractivity contribution >= 4 is 17.8 Å². The number of carbonyl (C=O) groups excluding carboxylic acids is 3. The van der Waals surface area contributed by atoms with Gasteiger partial charge in [0, 0.05) is 6.42 Å². The van der Waals surface area contributed by atoms with Crippen LogP contribution in [-0.2, 0) is 23.9 Å². The minimum atomic E-state index is -1.84. The number of amides is 1. The third kappa shape index (κ3) is 7.73. The van der Waals surface area contributed by atoms with Gasteiger partial charge in [-0.15, -0.1) is 0 Å². The monoisotopic (exact) mass is 669 g/mol. The Balaban J connectivity index is 0.00000288. The summed E-state index contributed by atoms with van der Waals surface area (Å²) in [7, 11) is 0. The summed E-state index contributed by atoms with van der Waals surface area (Å²) in [5.41, 5.74) is 0.000249. The average Bonchev–Trinajstić information content (AvgIpc) is 3.33. The fourth-order valence-corrected chi connectivity index (χ4v) is 10.5. The van der Waals surface area contributed by atoms with E-state index in [9.17, 15) is 45.0 Å². The average molecular weight is 670 g/mol. The third-order valence-corrected chi connectivity index (χ3v) is 12.8. The van der Waals surface area contributed by atoms with Gasteiger partial charge in [-0.05, 0) is 104 Å². The molecule has 0 aromatic rings. The molecular formula is C32H49NNa2O11. The Morgan fingerprint density at radius 2 is 1.54 bits per heavy atom. The molecule has 5 aliphatic rings. The molecule has 0 aromatic carbocycles. The summed E-state index contributed by atoms with van der Waals surface area (Å²) in [4.78, 5) is 34.2. The second-order valence-corrected chi connectivity index (χ2v) is 14.9. The van der Waals surface area contributed by atoms with Gasteiger partial charge in [0.05, 0.1) is 30.7 Å². The summed E-state index contributed by atoms with van der Waals surface area (Å²) < 4.78 is 11.3. The zero-order valence-corrected chi connectivity index (χ0v) is 31.9. The first kappa shape index (κ1) is 40.6. The van der Waals surface area contributed by atoms with Gasteiger partial charge in [0.25, 0.3) is 0 Å². The Bertz CT molecular complexity index is 1100. The molecule has 0 aromatic heterocycles. The van der Waals surface area contributed by atoms with Crippen molar-refractivity contribution in [1.82, 2.24) is 5.32 Å². The van der Waals surface area contributed by atoms with Crippen LogP contribution in [0.4, 0.5) is 0 Å². The molecule has 4 saturated carbocycles. The van der Waals surface area contributed by atoms with Gasteiger partial charge in [0.15, 0.2) is 6.29 Å². The number of hydrogen-bond donors (Lipinski definition) is 5. The maximum Gasteiger partial charge on any atom is 1.00 e. The molecule has 15 atom stereocenters. The van der Waals surface area contributed by atoms with Gasteiger partial charge in [-0.3, -0.25) is 4.79 Å². The third-order valence-electron chi connectivity index (χ3n) is 12.8. The van der Waals surface area contributed by atoms with Gasteiger partial charge in [-0.1, -0.05) is 20.8 Å². The van der Waals surface area contributed by atoms with Gasteiger partial charge in [0.2, 0.25) is 5.91 Å². The number of fused-ring (bicyclic) bond motifs is 5. The van der Waals surface area contributed by atoms with E-state index < -0.39 is 61.4 Å². The molecular weight excluding hydrogens is 620 g/mol. The zero-order chi connectivity index (χ0) is 32.1. The number of carboxylic acids is 2. The maximum absolute atomic E-state index is 12.1. The summed E-state index contributed by atoms with van der Waals surface area (Å²) in [6.07, 6.45) is -1.51. The molecule has 5 rings (SSSR count). The number of carbonyl (C=O) groups is 3. The van der Waals surface area contributed by atoms with Crippen molar-refractivity contribution in [2.24, 2.45) is 46.3 Å². The van der Waals surface area contributed by atoms with E-state index in [2.05, 4.69) is 26.1 Å². The van der Waals surface area contributed by atoms with Crippen LogP contribution in [0.5, 0.6) is 0 Å². The minimum Gasteiger partial charge on any atom is -0.548 e. The number of hydrogen-bond acceptors (Lipinski definition) is 11. The number of aliphatic hydroxyl groups excluding tert-OH is 4. The van der Waals surface area contributed by atoms with Gasteiger partial charge < -0.3 is 55.0 Å². The molecule has 5 fully saturated rings. The van der Waals surface area contributed by atoms with Crippen molar-refractivity contribution in [3.8, 4) is 0 Å². The van der Waals surface area contributed by atoms with E-state index in [0.717, 1.165) is 32.1 Å². The van der Waals surface area contributed by atoms with Crippen molar-refractivity contribution < 1.29 is 114 Å². The van der Waals surface area contributed by atoms with Crippen molar-refractivity contribution in [2.45, 2.75) is 128 Å². The quantitative estimate of drug-likeness (QED) is 0.115. The number of aliphatic hydroxyl groups is 4. The number of rotatable bonds is 9. The molecule has 46 heavy (non-hydrogen) atoms. The molecule has 250 valence electrons. The predicted molar refractivity (Wildman–Crippen MR) is 150 cm³/mol. The van der Waals surface area contributed by atoms with Crippen molar-refractivity contribution in [2.75, 3.05) is 6.54 Å². The number of nitrogens with one attached hydrogen (secondary N) is 1. The van der Waals surface area contributed by atoms with E-state index in [1.54, 1.807) is 0 Å². The zero-order valence-electron chi connectivity index (χ0n) is 27.9. The van der Waals surface area contributed by atoms with Crippen LogP contribution in [0, 0.1) is 46.3 Å². The number of aliphatic carboxylic acids is 2. The number of ether oxygens (including phenoxy) is 2. The SMILES string of the molecule is C[C@H](CCC(=O)NCC(=O)[O-])[C@H]1CC[C@H]2[C@@H]3C[C@H](O)[C@@H]4CC(O[C@@H]5O[C@H](C(=O)[O-])[C@@H](O)[C@H](O)[C@H]5O)CC[C@]4(C)[C@H]3CC[C@]12C.[Na+].[Na+]. The van der Waals surface area contributed by atoms with Crippen molar-refractivity contribution in [3.05, 3.63) is 0 Å². The molecule has 1 heterocycles. The van der Waals surface area contributed by atoms with Gasteiger partial charge >= 0.3 is 59.1 Å². The van der Waals surface area contributed by atoms with Crippen LogP contribution < -0.4 is 74.6 Å². The van der Waals surface area contributed by atoms with Crippen LogP contribution in [0.2, 0.25) is 0 Å². The van der Waals surface area contributed by atoms with Crippen LogP contribution >= 0.6 is 0 Å². The van der Waals surface area contributed by atoms with Gasteiger partial charge in [-0.25, -0.2) is 0 Å². The van der Waals surface area contributed by atoms with Crippen molar-refractivity contribution in [3.63, 3.8) is 0 Å². The Kier molecular flexibility index (Phi) is 14.1. The molecule has 4 aliphatic carbocycles. The molecule has 0 radical (unpaired) electrons. The maximum atomic E-state index is 12.1. The Hall–Kier alpha value is 0.170. The summed E-state index contributed by atoms with van der Waals surface area (Å²) >= 11 is 0. The van der Waals surface area contributed by atoms with Crippen LogP contribution in [0.15, 0.2) is 0 Å². The van der Waals surface area contributed by atoms with Gasteiger partial charge in [-0.2, -0.15) is 0 Å². The first-order valence-corrected chi connectivity index (χ1v) is 16.4. The first-order valence-electron chi connectivity index (χ1n) is 16.4. The van der Waals surface area contributed by atoms with Crippen LogP contribution in [0.25, 0.3) is 0 Å². The van der Waals surface area contributed by atoms with Crippen LogP contribution in [0.1, 0.15) is 85.0 Å². The fraction of sp³-hybridized carbons (Fsp3) is 0.906. The standard InChI is InChI=1S/C32H51NO11.2Na/c1-15(4-7-23(35)33-14-24(36)37)18-5-6-19-17-13-22(34)21-12-16(8-10-32(21,3)20(17)9-11-31(18,19)2)43-30-27(40)25(38)26(39)28(44-30)29(41)42;;/h15-22,25-28,30,34,38-40H,4-14H2,1-3H3,(H,33,35)(H,36,37)(H,41,42);;/q;2*+1/p-2/t15-,16?,17+,18-,19+,20+,21+,22+,25+,26+,27-,28+,30-,31-,32-;;/m1../s1. The Labute approximate surface area is 315 Å². The summed E-state index contributed by atoms with van der Waals surface area (Å²) in [5.74, 6) is -1.25. The van der Waals surface area contributed by atoms with E-state index >= 15 is 0 Å². The summed E-state index contributed by atoms with van der Waals surface area (Å²) in [6.45, 7) is 6.41. The summed E-state index contributed by atoms with van der Waals surface area (Å²) in [6, 6.07) is 0. The minimum absolute atomic E-state index is 0. The molecule has 1 amide bonds. The molecule has 1 aliphatic heterocycles. The van der Waals surface area contributed by atoms with Crippen LogP contribution in [0.3, 0.4) is 0 Å². The largest absolute Gasteiger partial charge is 1.00 e. The van der Waals surface area contributed by atoms with E-state index in [1.165, 1.54) is 0 Å². The molecule has 14 heteroatoms. The molecule has 12 nitrogen and oxygen atoms in total. The fourth-order valence-electron chi connectivity index (χ4n) is 10.5. The normalized spacial score (nSPS) is 45.5. The van der Waals surface area contributed by atoms with Crippen molar-refractivity contribution in [1.29, 1.82) is 0 Å². The van der Waals surface area contributed by atoms with E-state index in [-0.39, 0.29) is 88.2 Å². The van der Waals surface area contributed by atoms with E-state index in [4.69, 9.17) is 9.47 Å². The molecule has 0 spiro atoms. The Morgan fingerprint density at radius 3 is 2.20 bits per heavy atom.